The fourth-order valence-electron chi connectivity index (χ4n) is 1.09. The minimum atomic E-state index is -0.289. The number of furan rings is 1. The van der Waals surface area contributed by atoms with Crippen molar-refractivity contribution in [1.82, 2.24) is 5.32 Å². The lowest BCUT2D eigenvalue weighted by Gasteiger charge is -1.96. The molecule has 0 spiro atoms. The Bertz CT molecular complexity index is 314. The van der Waals surface area contributed by atoms with Crippen LogP contribution in [0.1, 0.15) is 24.5 Å². The van der Waals surface area contributed by atoms with E-state index in [4.69, 9.17) is 9.15 Å². The minimum absolute atomic E-state index is 0.224. The van der Waals surface area contributed by atoms with E-state index in [1.165, 1.54) is 6.92 Å². The number of esters is 1. The second-order valence-electron chi connectivity index (χ2n) is 3.05. The smallest absolute Gasteiger partial charge is 0.303 e. The first kappa shape index (κ1) is 8.31. The van der Waals surface area contributed by atoms with Gasteiger partial charge in [-0.2, -0.15) is 0 Å². The Balaban J connectivity index is 1.92. The van der Waals surface area contributed by atoms with Gasteiger partial charge in [0.1, 0.15) is 18.1 Å². The van der Waals surface area contributed by atoms with Crippen LogP contribution >= 0.6 is 0 Å². The maximum absolute atomic E-state index is 10.5. The summed E-state index contributed by atoms with van der Waals surface area (Å²) in [5.41, 5.74) is 0. The molecule has 0 amide bonds. The molecule has 70 valence electrons. The van der Waals surface area contributed by atoms with Crippen LogP contribution in [0.15, 0.2) is 16.5 Å². The predicted octanol–water partition coefficient (Wildman–Crippen LogP) is 0.987. The van der Waals surface area contributed by atoms with Crippen LogP contribution in [0.5, 0.6) is 0 Å². The molecule has 0 radical (unpaired) electrons. The van der Waals surface area contributed by atoms with E-state index in [1.807, 2.05) is 12.1 Å². The Labute approximate surface area is 75.9 Å². The van der Waals surface area contributed by atoms with Gasteiger partial charge in [0.2, 0.25) is 0 Å². The van der Waals surface area contributed by atoms with E-state index in [-0.39, 0.29) is 12.6 Å². The van der Waals surface area contributed by atoms with Gasteiger partial charge in [-0.15, -0.1) is 0 Å². The van der Waals surface area contributed by atoms with E-state index in [0.29, 0.717) is 11.8 Å². The quantitative estimate of drug-likeness (QED) is 0.558. The number of carbonyl (C=O) groups is 1. The predicted molar refractivity (Wildman–Crippen MR) is 44.9 cm³/mol. The Kier molecular flexibility index (Phi) is 2.06. The summed E-state index contributed by atoms with van der Waals surface area (Å²) in [6.45, 7) is 2.58. The molecule has 2 rings (SSSR count). The molecule has 0 unspecified atom stereocenters. The van der Waals surface area contributed by atoms with E-state index in [9.17, 15) is 4.79 Å². The highest BCUT2D eigenvalue weighted by Crippen LogP contribution is 2.23. The van der Waals surface area contributed by atoms with Gasteiger partial charge in [0.05, 0.1) is 6.04 Å². The first-order valence-corrected chi connectivity index (χ1v) is 4.21. The van der Waals surface area contributed by atoms with Gasteiger partial charge >= 0.3 is 5.97 Å². The molecule has 0 aromatic carbocycles. The summed E-state index contributed by atoms with van der Waals surface area (Å²) in [6, 6.07) is 4.10. The molecule has 0 bridgehead atoms. The average Bonchev–Trinajstić information content (AvgIpc) is 2.83. The number of nitrogens with one attached hydrogen (secondary N) is 1. The summed E-state index contributed by atoms with van der Waals surface area (Å²) in [5, 5.41) is 3.13. The molecule has 1 aromatic heterocycles. The maximum Gasteiger partial charge on any atom is 0.303 e. The van der Waals surface area contributed by atoms with Gasteiger partial charge in [-0.05, 0) is 12.1 Å². The van der Waals surface area contributed by atoms with Crippen molar-refractivity contribution in [1.29, 1.82) is 0 Å². The molecule has 1 aliphatic heterocycles. The average molecular weight is 181 g/mol. The standard InChI is InChI=1S/C9H11NO3/c1-6(11)12-5-7-2-3-9(13-7)8-4-10-8/h2-3,8,10H,4-5H2,1H3/t8-/m1/s1. The molecule has 1 saturated heterocycles. The molecular weight excluding hydrogens is 170 g/mol. The summed E-state index contributed by atoms with van der Waals surface area (Å²) >= 11 is 0. The largest absolute Gasteiger partial charge is 0.461 e. The van der Waals surface area contributed by atoms with Crippen molar-refractivity contribution in [3.05, 3.63) is 23.7 Å². The third-order valence-electron chi connectivity index (χ3n) is 1.85. The number of carbonyl (C=O) groups excluding carboxylic acids is 1. The first-order chi connectivity index (χ1) is 6.25. The molecular formula is C9H11NO3. The van der Waals surface area contributed by atoms with Gasteiger partial charge < -0.3 is 14.5 Å². The summed E-state index contributed by atoms with van der Waals surface area (Å²) in [6.07, 6.45) is 0. The number of hydrogen-bond acceptors (Lipinski definition) is 4. The number of ether oxygens (including phenoxy) is 1. The van der Waals surface area contributed by atoms with Crippen molar-refractivity contribution in [3.63, 3.8) is 0 Å². The topological polar surface area (TPSA) is 61.4 Å². The second kappa shape index (κ2) is 3.22. The van der Waals surface area contributed by atoms with Crippen LogP contribution in [0.3, 0.4) is 0 Å². The second-order valence-corrected chi connectivity index (χ2v) is 3.05. The van der Waals surface area contributed by atoms with E-state index in [1.54, 1.807) is 0 Å². The van der Waals surface area contributed by atoms with Crippen LogP contribution in [0.2, 0.25) is 0 Å². The first-order valence-electron chi connectivity index (χ1n) is 4.21. The molecule has 2 heterocycles. The lowest BCUT2D eigenvalue weighted by Crippen LogP contribution is -1.97. The molecule has 0 saturated carbocycles. The van der Waals surface area contributed by atoms with E-state index in [2.05, 4.69) is 5.32 Å². The van der Waals surface area contributed by atoms with Crippen molar-refractivity contribution < 1.29 is 13.9 Å². The van der Waals surface area contributed by atoms with Gasteiger partial charge in [-0.1, -0.05) is 0 Å². The zero-order valence-corrected chi connectivity index (χ0v) is 7.37. The van der Waals surface area contributed by atoms with Crippen molar-refractivity contribution in [3.8, 4) is 0 Å². The highest BCUT2D eigenvalue weighted by Gasteiger charge is 2.25. The molecule has 1 aliphatic rings. The molecule has 4 nitrogen and oxygen atoms in total. The number of hydrogen-bond donors (Lipinski definition) is 1. The summed E-state index contributed by atoms with van der Waals surface area (Å²) in [5.74, 6) is 1.32. The monoisotopic (exact) mass is 181 g/mol. The van der Waals surface area contributed by atoms with Gasteiger partial charge in [0.25, 0.3) is 0 Å². The lowest BCUT2D eigenvalue weighted by atomic mass is 10.3. The highest BCUT2D eigenvalue weighted by atomic mass is 16.5. The van der Waals surface area contributed by atoms with Crippen molar-refractivity contribution in [2.75, 3.05) is 6.54 Å². The number of rotatable bonds is 3. The third-order valence-corrected chi connectivity index (χ3v) is 1.85. The van der Waals surface area contributed by atoms with Crippen LogP contribution < -0.4 is 5.32 Å². The van der Waals surface area contributed by atoms with Crippen molar-refractivity contribution in [2.45, 2.75) is 19.6 Å². The van der Waals surface area contributed by atoms with Crippen LogP contribution in [-0.2, 0) is 16.1 Å². The summed E-state index contributed by atoms with van der Waals surface area (Å²) < 4.78 is 10.2. The van der Waals surface area contributed by atoms with E-state index >= 15 is 0 Å². The molecule has 4 heteroatoms. The normalized spacial score (nSPS) is 19.9. The van der Waals surface area contributed by atoms with Gasteiger partial charge in [0, 0.05) is 13.5 Å². The van der Waals surface area contributed by atoms with E-state index < -0.39 is 0 Å². The fraction of sp³-hybridized carbons (Fsp3) is 0.444. The maximum atomic E-state index is 10.5. The van der Waals surface area contributed by atoms with Gasteiger partial charge in [0.15, 0.2) is 0 Å². The highest BCUT2D eigenvalue weighted by molar-refractivity contribution is 5.65. The Hall–Kier alpha value is -1.29. The molecule has 1 fully saturated rings. The van der Waals surface area contributed by atoms with Crippen LogP contribution in [0.25, 0.3) is 0 Å². The van der Waals surface area contributed by atoms with Crippen LogP contribution in [0, 0.1) is 0 Å². The molecule has 1 atom stereocenters. The molecule has 1 N–H and O–H groups in total. The van der Waals surface area contributed by atoms with Crippen molar-refractivity contribution >= 4 is 5.97 Å². The third kappa shape index (κ3) is 2.09. The van der Waals surface area contributed by atoms with Gasteiger partial charge in [-0.3, -0.25) is 4.79 Å². The van der Waals surface area contributed by atoms with Gasteiger partial charge in [-0.25, -0.2) is 0 Å². The zero-order chi connectivity index (χ0) is 9.26. The lowest BCUT2D eigenvalue weighted by molar-refractivity contribution is -0.142. The van der Waals surface area contributed by atoms with Crippen molar-refractivity contribution in [2.24, 2.45) is 0 Å². The Morgan fingerprint density at radius 3 is 3.15 bits per heavy atom. The Morgan fingerprint density at radius 2 is 2.54 bits per heavy atom. The fourth-order valence-corrected chi connectivity index (χ4v) is 1.09. The molecule has 1 aromatic rings. The summed E-state index contributed by atoms with van der Waals surface area (Å²) in [4.78, 5) is 10.5. The zero-order valence-electron chi connectivity index (χ0n) is 7.37. The summed E-state index contributed by atoms with van der Waals surface area (Å²) in [7, 11) is 0. The minimum Gasteiger partial charge on any atom is -0.461 e. The molecule has 0 aliphatic carbocycles. The Morgan fingerprint density at radius 1 is 1.77 bits per heavy atom. The van der Waals surface area contributed by atoms with Crippen LogP contribution in [0.4, 0.5) is 0 Å². The SMILES string of the molecule is CC(=O)OCc1ccc([C@H]2CN2)o1. The van der Waals surface area contributed by atoms with E-state index in [0.717, 1.165) is 12.3 Å². The molecule has 13 heavy (non-hydrogen) atoms. The van der Waals surface area contributed by atoms with Crippen LogP contribution in [-0.4, -0.2) is 12.5 Å².